The van der Waals surface area contributed by atoms with Crippen LogP contribution in [0.5, 0.6) is 0 Å². The van der Waals surface area contributed by atoms with E-state index in [0.717, 1.165) is 5.56 Å². The van der Waals surface area contributed by atoms with E-state index in [2.05, 4.69) is 19.7 Å². The Kier molecular flexibility index (Phi) is 6.01. The van der Waals surface area contributed by atoms with Gasteiger partial charge in [-0.1, -0.05) is 30.3 Å². The molecule has 0 aliphatic rings. The van der Waals surface area contributed by atoms with Crippen LogP contribution in [0.4, 0.5) is 5.13 Å². The second-order valence-electron chi connectivity index (χ2n) is 4.34. The second kappa shape index (κ2) is 7.99. The van der Waals surface area contributed by atoms with Crippen molar-refractivity contribution in [3.05, 3.63) is 47.5 Å². The van der Waals surface area contributed by atoms with Crippen molar-refractivity contribution in [3.8, 4) is 0 Å². The summed E-state index contributed by atoms with van der Waals surface area (Å²) in [5.74, 6) is -0.291. The molecule has 1 aromatic carbocycles. The Balaban J connectivity index is 1.69. The zero-order valence-corrected chi connectivity index (χ0v) is 13.3. The zero-order valence-electron chi connectivity index (χ0n) is 11.7. The van der Waals surface area contributed by atoms with E-state index in [4.69, 9.17) is 0 Å². The Morgan fingerprint density at radius 1 is 1.18 bits per heavy atom. The van der Waals surface area contributed by atoms with Gasteiger partial charge in [-0.25, -0.2) is 9.71 Å². The predicted molar refractivity (Wildman–Crippen MR) is 85.6 cm³/mol. The summed E-state index contributed by atoms with van der Waals surface area (Å²) in [4.78, 5) is 15.5. The summed E-state index contributed by atoms with van der Waals surface area (Å²) in [5.41, 5.74) is 0.856. The molecular formula is C13H16N4O3S2. The minimum Gasteiger partial charge on any atom is -0.302 e. The van der Waals surface area contributed by atoms with Gasteiger partial charge in [-0.15, -0.1) is 11.3 Å². The maximum atomic E-state index is 11.7. The fraction of sp³-hybridized carbons (Fsp3) is 0.231. The van der Waals surface area contributed by atoms with E-state index in [1.807, 2.05) is 30.3 Å². The SMILES string of the molecule is O=C(CCNS(=O)(=O)NCc1ccccc1)Nc1nccs1. The van der Waals surface area contributed by atoms with E-state index < -0.39 is 10.2 Å². The van der Waals surface area contributed by atoms with Crippen molar-refractivity contribution in [2.45, 2.75) is 13.0 Å². The van der Waals surface area contributed by atoms with Crippen molar-refractivity contribution in [2.75, 3.05) is 11.9 Å². The van der Waals surface area contributed by atoms with Crippen molar-refractivity contribution >= 4 is 32.6 Å². The number of benzene rings is 1. The second-order valence-corrected chi connectivity index (χ2v) is 6.82. The number of hydrogen-bond acceptors (Lipinski definition) is 5. The number of nitrogens with zero attached hydrogens (tertiary/aromatic N) is 1. The molecule has 0 saturated heterocycles. The van der Waals surface area contributed by atoms with Gasteiger partial charge < -0.3 is 5.32 Å². The molecule has 1 amide bonds. The molecule has 0 aliphatic heterocycles. The number of rotatable bonds is 8. The first-order valence-electron chi connectivity index (χ1n) is 6.53. The largest absolute Gasteiger partial charge is 0.302 e. The summed E-state index contributed by atoms with van der Waals surface area (Å²) in [6.45, 7) is 0.211. The van der Waals surface area contributed by atoms with Crippen molar-refractivity contribution in [1.29, 1.82) is 0 Å². The van der Waals surface area contributed by atoms with E-state index >= 15 is 0 Å². The lowest BCUT2D eigenvalue weighted by Gasteiger charge is -2.08. The molecule has 0 radical (unpaired) electrons. The monoisotopic (exact) mass is 340 g/mol. The van der Waals surface area contributed by atoms with Crippen LogP contribution in [0.2, 0.25) is 0 Å². The van der Waals surface area contributed by atoms with Gasteiger partial charge in [-0.05, 0) is 5.56 Å². The summed E-state index contributed by atoms with van der Waals surface area (Å²) in [6, 6.07) is 9.17. The van der Waals surface area contributed by atoms with E-state index in [-0.39, 0.29) is 25.4 Å². The van der Waals surface area contributed by atoms with Crippen molar-refractivity contribution in [2.24, 2.45) is 0 Å². The van der Waals surface area contributed by atoms with Gasteiger partial charge in [0.15, 0.2) is 5.13 Å². The first-order chi connectivity index (χ1) is 10.6. The summed E-state index contributed by atoms with van der Waals surface area (Å²) in [5, 5.41) is 4.82. The number of carbonyl (C=O) groups is 1. The van der Waals surface area contributed by atoms with Gasteiger partial charge in [-0.3, -0.25) is 4.79 Å². The van der Waals surface area contributed by atoms with Gasteiger partial charge in [0.25, 0.3) is 10.2 Å². The number of amides is 1. The molecule has 0 unspecified atom stereocenters. The normalized spacial score (nSPS) is 11.3. The molecular weight excluding hydrogens is 324 g/mol. The first kappa shape index (κ1) is 16.6. The zero-order chi connectivity index (χ0) is 15.8. The topological polar surface area (TPSA) is 100 Å². The van der Waals surface area contributed by atoms with Crippen LogP contribution in [0.3, 0.4) is 0 Å². The molecule has 22 heavy (non-hydrogen) atoms. The fourth-order valence-corrected chi connectivity index (χ4v) is 2.97. The highest BCUT2D eigenvalue weighted by atomic mass is 32.2. The quantitative estimate of drug-likeness (QED) is 0.670. The number of anilines is 1. The molecule has 0 atom stereocenters. The Labute approximate surface area is 133 Å². The molecule has 0 spiro atoms. The average molecular weight is 340 g/mol. The summed E-state index contributed by atoms with van der Waals surface area (Å²) < 4.78 is 28.2. The summed E-state index contributed by atoms with van der Waals surface area (Å²) >= 11 is 1.30. The summed E-state index contributed by atoms with van der Waals surface area (Å²) in [6.07, 6.45) is 1.61. The lowest BCUT2D eigenvalue weighted by molar-refractivity contribution is -0.116. The van der Waals surface area contributed by atoms with Crippen molar-refractivity contribution < 1.29 is 13.2 Å². The van der Waals surface area contributed by atoms with Gasteiger partial charge >= 0.3 is 0 Å². The van der Waals surface area contributed by atoms with Gasteiger partial charge in [-0.2, -0.15) is 13.1 Å². The Hall–Kier alpha value is -1.81. The molecule has 1 aromatic heterocycles. The van der Waals surface area contributed by atoms with Crippen molar-refractivity contribution in [3.63, 3.8) is 0 Å². The van der Waals surface area contributed by atoms with Crippen LogP contribution in [0.15, 0.2) is 41.9 Å². The van der Waals surface area contributed by atoms with Crippen molar-refractivity contribution in [1.82, 2.24) is 14.4 Å². The molecule has 2 rings (SSSR count). The number of aromatic nitrogens is 1. The molecule has 0 aliphatic carbocycles. The molecule has 0 fully saturated rings. The van der Waals surface area contributed by atoms with Gasteiger partial charge in [0.2, 0.25) is 5.91 Å². The molecule has 1 heterocycles. The molecule has 118 valence electrons. The first-order valence-corrected chi connectivity index (χ1v) is 8.89. The number of hydrogen-bond donors (Lipinski definition) is 3. The van der Waals surface area contributed by atoms with E-state index in [1.54, 1.807) is 11.6 Å². The highest BCUT2D eigenvalue weighted by molar-refractivity contribution is 7.87. The molecule has 2 aromatic rings. The molecule has 9 heteroatoms. The predicted octanol–water partition coefficient (Wildman–Crippen LogP) is 1.10. The Morgan fingerprint density at radius 2 is 1.95 bits per heavy atom. The Bertz CT molecular complexity index is 687. The minimum absolute atomic E-state index is 0.0152. The third-order valence-electron chi connectivity index (χ3n) is 2.63. The number of carbonyl (C=O) groups excluding carboxylic acids is 1. The lowest BCUT2D eigenvalue weighted by atomic mass is 10.2. The van der Waals surface area contributed by atoms with Gasteiger partial charge in [0.05, 0.1) is 0 Å². The standard InChI is InChI=1S/C13H16N4O3S2/c18-12(17-13-14-8-9-21-13)6-7-15-22(19,20)16-10-11-4-2-1-3-5-11/h1-5,8-9,15-16H,6-7,10H2,(H,14,17,18). The van der Waals surface area contributed by atoms with Crippen LogP contribution in [-0.4, -0.2) is 25.9 Å². The number of thiazole rings is 1. The fourth-order valence-electron chi connectivity index (χ4n) is 1.59. The third-order valence-corrected chi connectivity index (χ3v) is 4.43. The lowest BCUT2D eigenvalue weighted by Crippen LogP contribution is -2.37. The van der Waals surface area contributed by atoms with Gasteiger partial charge in [0.1, 0.15) is 0 Å². The van der Waals surface area contributed by atoms with Crippen LogP contribution in [0.25, 0.3) is 0 Å². The Morgan fingerprint density at radius 3 is 2.64 bits per heavy atom. The maximum absolute atomic E-state index is 11.7. The van der Waals surface area contributed by atoms with E-state index in [1.165, 1.54) is 11.3 Å². The van der Waals surface area contributed by atoms with E-state index in [9.17, 15) is 13.2 Å². The highest BCUT2D eigenvalue weighted by Gasteiger charge is 2.10. The number of nitrogens with one attached hydrogen (secondary N) is 3. The molecule has 0 bridgehead atoms. The summed E-state index contributed by atoms with van der Waals surface area (Å²) in [7, 11) is -3.63. The molecule has 7 nitrogen and oxygen atoms in total. The van der Waals surface area contributed by atoms with Crippen LogP contribution in [0.1, 0.15) is 12.0 Å². The maximum Gasteiger partial charge on any atom is 0.277 e. The highest BCUT2D eigenvalue weighted by Crippen LogP contribution is 2.10. The third kappa shape index (κ3) is 5.90. The van der Waals surface area contributed by atoms with E-state index in [0.29, 0.717) is 5.13 Å². The van der Waals surface area contributed by atoms with Crippen LogP contribution in [-0.2, 0) is 21.5 Å². The van der Waals surface area contributed by atoms with Crippen LogP contribution < -0.4 is 14.8 Å². The van der Waals surface area contributed by atoms with Crippen LogP contribution >= 0.6 is 11.3 Å². The van der Waals surface area contributed by atoms with Gasteiger partial charge in [0, 0.05) is 31.1 Å². The molecule has 0 saturated carbocycles. The minimum atomic E-state index is -3.63. The van der Waals surface area contributed by atoms with Crippen LogP contribution in [0, 0.1) is 0 Å². The molecule has 3 N–H and O–H groups in total. The smallest absolute Gasteiger partial charge is 0.277 e. The average Bonchev–Trinajstić information content (AvgIpc) is 2.99.